The van der Waals surface area contributed by atoms with Gasteiger partial charge >= 0.3 is 0 Å². The van der Waals surface area contributed by atoms with Crippen LogP contribution in [0.5, 0.6) is 0 Å². The highest BCUT2D eigenvalue weighted by Gasteiger charge is 2.41. The minimum Gasteiger partial charge on any atom is -0.374 e. The Hall–Kier alpha value is 0.440. The van der Waals surface area contributed by atoms with Crippen LogP contribution in [0.1, 0.15) is 32.1 Å². The number of halogens is 1. The maximum absolute atomic E-state index is 5.77. The van der Waals surface area contributed by atoms with Crippen molar-refractivity contribution in [2.45, 2.75) is 42.5 Å². The van der Waals surface area contributed by atoms with Crippen molar-refractivity contribution < 1.29 is 4.74 Å². The highest BCUT2D eigenvalue weighted by molar-refractivity contribution is 9.09. The summed E-state index contributed by atoms with van der Waals surface area (Å²) < 4.78 is 5.77. The van der Waals surface area contributed by atoms with Gasteiger partial charge in [-0.1, -0.05) is 28.8 Å². The molecule has 1 atom stereocenters. The van der Waals surface area contributed by atoms with Crippen LogP contribution in [0.15, 0.2) is 0 Å². The molecule has 0 bridgehead atoms. The Kier molecular flexibility index (Phi) is 1.77. The molecule has 1 aliphatic heterocycles. The van der Waals surface area contributed by atoms with E-state index in [0.717, 1.165) is 6.61 Å². The molecular formula is C8H13BrO. The summed E-state index contributed by atoms with van der Waals surface area (Å²) in [4.78, 5) is 0.630. The minimum atomic E-state index is 0.314. The van der Waals surface area contributed by atoms with Crippen molar-refractivity contribution in [2.75, 3.05) is 6.61 Å². The number of ether oxygens (including phenoxy) is 1. The molecule has 1 spiro atoms. The molecule has 0 aromatic rings. The van der Waals surface area contributed by atoms with Crippen LogP contribution in [-0.4, -0.2) is 17.0 Å². The van der Waals surface area contributed by atoms with Crippen molar-refractivity contribution in [3.63, 3.8) is 0 Å². The lowest BCUT2D eigenvalue weighted by atomic mass is 9.99. The lowest BCUT2D eigenvalue weighted by Gasteiger charge is -2.20. The Morgan fingerprint density at radius 1 is 1.30 bits per heavy atom. The Morgan fingerprint density at radius 2 is 2.00 bits per heavy atom. The van der Waals surface area contributed by atoms with Crippen molar-refractivity contribution in [1.82, 2.24) is 0 Å². The van der Waals surface area contributed by atoms with Gasteiger partial charge < -0.3 is 4.74 Å². The summed E-state index contributed by atoms with van der Waals surface area (Å²) in [6, 6.07) is 0. The molecule has 0 N–H and O–H groups in total. The second-order valence-corrected chi connectivity index (χ2v) is 4.80. The van der Waals surface area contributed by atoms with Gasteiger partial charge in [-0.3, -0.25) is 0 Å². The molecule has 0 radical (unpaired) electrons. The lowest BCUT2D eigenvalue weighted by molar-refractivity contribution is 0.0107. The van der Waals surface area contributed by atoms with E-state index in [1.165, 1.54) is 32.1 Å². The lowest BCUT2D eigenvalue weighted by Crippen LogP contribution is -2.22. The average Bonchev–Trinajstić information content (AvgIpc) is 2.46. The maximum atomic E-state index is 5.77. The van der Waals surface area contributed by atoms with Crippen LogP contribution in [0.4, 0.5) is 0 Å². The summed E-state index contributed by atoms with van der Waals surface area (Å²) in [6.45, 7) is 0.931. The van der Waals surface area contributed by atoms with E-state index in [0.29, 0.717) is 10.4 Å². The van der Waals surface area contributed by atoms with Crippen molar-refractivity contribution in [3.05, 3.63) is 0 Å². The molecule has 0 aromatic carbocycles. The van der Waals surface area contributed by atoms with Crippen molar-refractivity contribution in [1.29, 1.82) is 0 Å². The van der Waals surface area contributed by atoms with Crippen LogP contribution in [-0.2, 0) is 4.74 Å². The predicted molar refractivity (Wildman–Crippen MR) is 44.5 cm³/mol. The molecule has 1 heterocycles. The van der Waals surface area contributed by atoms with Gasteiger partial charge in [0.1, 0.15) is 0 Å². The van der Waals surface area contributed by atoms with Gasteiger partial charge in [-0.15, -0.1) is 0 Å². The topological polar surface area (TPSA) is 9.23 Å². The quantitative estimate of drug-likeness (QED) is 0.552. The average molecular weight is 205 g/mol. The number of hydrogen-bond acceptors (Lipinski definition) is 1. The first-order chi connectivity index (χ1) is 4.81. The van der Waals surface area contributed by atoms with Crippen LogP contribution in [0.2, 0.25) is 0 Å². The first-order valence-corrected chi connectivity index (χ1v) is 5.00. The van der Waals surface area contributed by atoms with Gasteiger partial charge in [0.25, 0.3) is 0 Å². The van der Waals surface area contributed by atoms with Gasteiger partial charge in [-0.25, -0.2) is 0 Å². The summed E-state index contributed by atoms with van der Waals surface area (Å²) in [7, 11) is 0. The predicted octanol–water partition coefficient (Wildman–Crippen LogP) is 2.48. The molecular weight excluding hydrogens is 192 g/mol. The van der Waals surface area contributed by atoms with Crippen molar-refractivity contribution in [3.8, 4) is 0 Å². The number of alkyl halides is 1. The monoisotopic (exact) mass is 204 g/mol. The second-order valence-electron chi connectivity index (χ2n) is 3.50. The van der Waals surface area contributed by atoms with Gasteiger partial charge in [0.15, 0.2) is 0 Å². The fourth-order valence-electron chi connectivity index (χ4n) is 2.16. The van der Waals surface area contributed by atoms with Gasteiger partial charge in [0, 0.05) is 4.83 Å². The van der Waals surface area contributed by atoms with E-state index in [2.05, 4.69) is 15.9 Å². The van der Waals surface area contributed by atoms with Crippen LogP contribution in [0, 0.1) is 0 Å². The molecule has 0 amide bonds. The molecule has 1 saturated heterocycles. The van der Waals surface area contributed by atoms with E-state index >= 15 is 0 Å². The largest absolute Gasteiger partial charge is 0.374 e. The van der Waals surface area contributed by atoms with E-state index < -0.39 is 0 Å². The molecule has 10 heavy (non-hydrogen) atoms. The van der Waals surface area contributed by atoms with Gasteiger partial charge in [0.05, 0.1) is 12.2 Å². The van der Waals surface area contributed by atoms with E-state index in [9.17, 15) is 0 Å². The summed E-state index contributed by atoms with van der Waals surface area (Å²) in [5.74, 6) is 0. The molecule has 1 nitrogen and oxygen atoms in total. The van der Waals surface area contributed by atoms with E-state index in [-0.39, 0.29) is 0 Å². The molecule has 1 unspecified atom stereocenters. The third kappa shape index (κ3) is 1.12. The third-order valence-corrected chi connectivity index (χ3v) is 3.27. The fraction of sp³-hybridized carbons (Fsp3) is 1.00. The Labute approximate surface area is 70.3 Å². The van der Waals surface area contributed by atoms with Gasteiger partial charge in [-0.2, -0.15) is 0 Å². The molecule has 2 aliphatic rings. The molecule has 2 fully saturated rings. The molecule has 2 rings (SSSR count). The number of rotatable bonds is 0. The van der Waals surface area contributed by atoms with E-state index in [1.54, 1.807) is 0 Å². The van der Waals surface area contributed by atoms with Gasteiger partial charge in [-0.05, 0) is 19.3 Å². The first kappa shape index (κ1) is 7.11. The van der Waals surface area contributed by atoms with E-state index in [1.807, 2.05) is 0 Å². The summed E-state index contributed by atoms with van der Waals surface area (Å²) in [5.41, 5.74) is 0.314. The van der Waals surface area contributed by atoms with Crippen LogP contribution >= 0.6 is 15.9 Å². The van der Waals surface area contributed by atoms with Gasteiger partial charge in [0.2, 0.25) is 0 Å². The summed E-state index contributed by atoms with van der Waals surface area (Å²) in [6.07, 6.45) is 6.59. The maximum Gasteiger partial charge on any atom is 0.0694 e. The Morgan fingerprint density at radius 3 is 2.50 bits per heavy atom. The highest BCUT2D eigenvalue weighted by Crippen LogP contribution is 2.42. The van der Waals surface area contributed by atoms with Crippen molar-refractivity contribution >= 4 is 15.9 Å². The SMILES string of the molecule is BrC1COC2(CCCC2)C1. The summed E-state index contributed by atoms with van der Waals surface area (Å²) in [5, 5.41) is 0. The van der Waals surface area contributed by atoms with Crippen LogP contribution in [0.3, 0.4) is 0 Å². The van der Waals surface area contributed by atoms with E-state index in [4.69, 9.17) is 4.74 Å². The third-order valence-electron chi connectivity index (χ3n) is 2.68. The highest BCUT2D eigenvalue weighted by atomic mass is 79.9. The zero-order valence-electron chi connectivity index (χ0n) is 6.11. The molecule has 1 aliphatic carbocycles. The first-order valence-electron chi connectivity index (χ1n) is 4.09. The van der Waals surface area contributed by atoms with Crippen LogP contribution in [0.25, 0.3) is 0 Å². The normalized spacial score (nSPS) is 37.5. The molecule has 1 saturated carbocycles. The summed E-state index contributed by atoms with van der Waals surface area (Å²) >= 11 is 3.60. The zero-order chi connectivity index (χ0) is 7.03. The number of hydrogen-bond donors (Lipinski definition) is 0. The Balaban J connectivity index is 2.03. The fourth-order valence-corrected chi connectivity index (χ4v) is 2.88. The standard InChI is InChI=1S/C8H13BrO/c9-7-5-8(10-6-7)3-1-2-4-8/h7H,1-6H2. The van der Waals surface area contributed by atoms with Crippen molar-refractivity contribution in [2.24, 2.45) is 0 Å². The van der Waals surface area contributed by atoms with Crippen LogP contribution < -0.4 is 0 Å². The minimum absolute atomic E-state index is 0.314. The molecule has 2 heteroatoms. The Bertz CT molecular complexity index is 129. The smallest absolute Gasteiger partial charge is 0.0694 e. The molecule has 58 valence electrons. The second kappa shape index (κ2) is 2.49. The zero-order valence-corrected chi connectivity index (χ0v) is 7.69. The molecule has 0 aromatic heterocycles.